The molecule has 1 aliphatic rings. The molecule has 2 aromatic carbocycles. The van der Waals surface area contributed by atoms with Crippen LogP contribution in [0, 0.1) is 5.82 Å². The van der Waals surface area contributed by atoms with E-state index in [2.05, 4.69) is 0 Å². The van der Waals surface area contributed by atoms with E-state index in [1.165, 1.54) is 12.1 Å². The van der Waals surface area contributed by atoms with Crippen molar-refractivity contribution in [2.75, 3.05) is 18.1 Å². The largest absolute Gasteiger partial charge is 0.324 e. The molecule has 24 heavy (non-hydrogen) atoms. The average molecular weight is 326 g/mol. The highest BCUT2D eigenvalue weighted by Crippen LogP contribution is 2.19. The minimum Gasteiger partial charge on any atom is -0.324 e. The summed E-state index contributed by atoms with van der Waals surface area (Å²) in [6, 6.07) is 15.2. The molecular formula is C19H19FN2O2. The fourth-order valence-electron chi connectivity index (χ4n) is 2.82. The number of halogens is 1. The van der Waals surface area contributed by atoms with Crippen molar-refractivity contribution in [3.05, 3.63) is 66.0 Å². The number of likely N-dealkylation sites (tertiary alicyclic amines) is 1. The lowest BCUT2D eigenvalue weighted by atomic mass is 10.1. The minimum atomic E-state index is -0.355. The Morgan fingerprint density at radius 1 is 1.08 bits per heavy atom. The molecule has 0 spiro atoms. The summed E-state index contributed by atoms with van der Waals surface area (Å²) in [5.41, 5.74) is 1.50. The Kier molecular flexibility index (Phi) is 4.89. The van der Waals surface area contributed by atoms with Crippen molar-refractivity contribution in [2.45, 2.75) is 19.3 Å². The Morgan fingerprint density at radius 2 is 1.79 bits per heavy atom. The molecule has 1 aliphatic heterocycles. The van der Waals surface area contributed by atoms with Gasteiger partial charge in [0.15, 0.2) is 0 Å². The van der Waals surface area contributed by atoms with Crippen LogP contribution in [-0.2, 0) is 16.0 Å². The monoisotopic (exact) mass is 326 g/mol. The molecule has 0 bridgehead atoms. The second-order valence-corrected chi connectivity index (χ2v) is 5.86. The van der Waals surface area contributed by atoms with Crippen LogP contribution in [-0.4, -0.2) is 29.9 Å². The number of amides is 2. The molecule has 5 heteroatoms. The quantitative estimate of drug-likeness (QED) is 0.847. The topological polar surface area (TPSA) is 40.6 Å². The van der Waals surface area contributed by atoms with E-state index in [0.717, 1.165) is 12.0 Å². The molecule has 1 heterocycles. The summed E-state index contributed by atoms with van der Waals surface area (Å²) in [5.74, 6) is -0.423. The Hall–Kier alpha value is -2.69. The highest BCUT2D eigenvalue weighted by Gasteiger charge is 2.25. The van der Waals surface area contributed by atoms with Crippen LogP contribution in [0.5, 0.6) is 0 Å². The number of carbonyl (C=O) groups excluding carboxylic acids is 2. The molecule has 0 aliphatic carbocycles. The average Bonchev–Trinajstić information content (AvgIpc) is 2.99. The zero-order valence-corrected chi connectivity index (χ0v) is 13.3. The lowest BCUT2D eigenvalue weighted by Gasteiger charge is -2.28. The molecule has 4 nitrogen and oxygen atoms in total. The summed E-state index contributed by atoms with van der Waals surface area (Å²) < 4.78 is 13.2. The zero-order valence-electron chi connectivity index (χ0n) is 13.3. The van der Waals surface area contributed by atoms with Crippen molar-refractivity contribution >= 4 is 17.5 Å². The van der Waals surface area contributed by atoms with E-state index in [1.54, 1.807) is 21.9 Å². The number of hydrogen-bond donors (Lipinski definition) is 0. The minimum absolute atomic E-state index is 0.0506. The van der Waals surface area contributed by atoms with Gasteiger partial charge in [-0.1, -0.05) is 30.3 Å². The maximum Gasteiger partial charge on any atom is 0.232 e. The van der Waals surface area contributed by atoms with Crippen LogP contribution < -0.4 is 4.90 Å². The van der Waals surface area contributed by atoms with Gasteiger partial charge in [-0.2, -0.15) is 0 Å². The van der Waals surface area contributed by atoms with E-state index >= 15 is 0 Å². The van der Waals surface area contributed by atoms with Gasteiger partial charge in [0.05, 0.1) is 6.42 Å². The molecule has 0 atom stereocenters. The molecule has 0 unspecified atom stereocenters. The second-order valence-electron chi connectivity index (χ2n) is 5.86. The van der Waals surface area contributed by atoms with Crippen LogP contribution in [0.1, 0.15) is 18.4 Å². The van der Waals surface area contributed by atoms with Crippen LogP contribution in [0.4, 0.5) is 10.1 Å². The predicted octanol–water partition coefficient (Wildman–Crippen LogP) is 2.98. The van der Waals surface area contributed by atoms with Gasteiger partial charge < -0.3 is 4.90 Å². The van der Waals surface area contributed by atoms with Gasteiger partial charge in [0, 0.05) is 18.7 Å². The van der Waals surface area contributed by atoms with Gasteiger partial charge in [-0.15, -0.1) is 0 Å². The van der Waals surface area contributed by atoms with Crippen molar-refractivity contribution in [1.29, 1.82) is 0 Å². The van der Waals surface area contributed by atoms with Crippen LogP contribution in [0.15, 0.2) is 54.6 Å². The Bertz CT molecular complexity index is 716. The fourth-order valence-corrected chi connectivity index (χ4v) is 2.82. The molecular weight excluding hydrogens is 307 g/mol. The van der Waals surface area contributed by atoms with Gasteiger partial charge in [0.1, 0.15) is 12.5 Å². The van der Waals surface area contributed by atoms with Gasteiger partial charge in [0.25, 0.3) is 0 Å². The van der Waals surface area contributed by atoms with Crippen molar-refractivity contribution < 1.29 is 14.0 Å². The van der Waals surface area contributed by atoms with Crippen molar-refractivity contribution in [2.24, 2.45) is 0 Å². The Labute approximate surface area is 140 Å². The maximum absolute atomic E-state index is 13.2. The van der Waals surface area contributed by atoms with E-state index in [4.69, 9.17) is 0 Å². The molecule has 2 amide bonds. The molecule has 0 saturated carbocycles. The SMILES string of the molecule is O=C1CCCN1CN(C(=O)Cc1ccccc1)c1ccc(F)cc1. The first-order valence-corrected chi connectivity index (χ1v) is 8.01. The van der Waals surface area contributed by atoms with Crippen LogP contribution in [0.3, 0.4) is 0 Å². The van der Waals surface area contributed by atoms with E-state index in [9.17, 15) is 14.0 Å². The first-order chi connectivity index (χ1) is 11.6. The molecule has 1 saturated heterocycles. The summed E-state index contributed by atoms with van der Waals surface area (Å²) >= 11 is 0. The third kappa shape index (κ3) is 3.79. The number of benzene rings is 2. The highest BCUT2D eigenvalue weighted by molar-refractivity contribution is 5.95. The maximum atomic E-state index is 13.2. The lowest BCUT2D eigenvalue weighted by molar-refractivity contribution is -0.128. The highest BCUT2D eigenvalue weighted by atomic mass is 19.1. The first kappa shape index (κ1) is 16.2. The van der Waals surface area contributed by atoms with Gasteiger partial charge in [-0.25, -0.2) is 4.39 Å². The molecule has 1 fully saturated rings. The van der Waals surface area contributed by atoms with Crippen molar-refractivity contribution in [3.8, 4) is 0 Å². The van der Waals surface area contributed by atoms with Crippen LogP contribution in [0.2, 0.25) is 0 Å². The fraction of sp³-hybridized carbons (Fsp3) is 0.263. The number of anilines is 1. The van der Waals surface area contributed by atoms with Gasteiger partial charge in [-0.3, -0.25) is 14.5 Å². The molecule has 124 valence electrons. The van der Waals surface area contributed by atoms with Gasteiger partial charge in [-0.05, 0) is 36.2 Å². The van der Waals surface area contributed by atoms with E-state index in [-0.39, 0.29) is 30.7 Å². The lowest BCUT2D eigenvalue weighted by Crippen LogP contribution is -2.43. The summed E-state index contributed by atoms with van der Waals surface area (Å²) in [4.78, 5) is 27.9. The second kappa shape index (κ2) is 7.25. The molecule has 2 aromatic rings. The number of rotatable bonds is 5. The van der Waals surface area contributed by atoms with Crippen molar-refractivity contribution in [3.63, 3.8) is 0 Å². The van der Waals surface area contributed by atoms with Crippen LogP contribution in [0.25, 0.3) is 0 Å². The van der Waals surface area contributed by atoms with E-state index in [0.29, 0.717) is 18.7 Å². The van der Waals surface area contributed by atoms with Gasteiger partial charge in [0.2, 0.25) is 11.8 Å². The first-order valence-electron chi connectivity index (χ1n) is 8.01. The molecule has 0 aromatic heterocycles. The molecule has 0 N–H and O–H groups in total. The van der Waals surface area contributed by atoms with E-state index in [1.807, 2.05) is 30.3 Å². The Morgan fingerprint density at radius 3 is 2.42 bits per heavy atom. The number of nitrogens with zero attached hydrogens (tertiary/aromatic N) is 2. The standard InChI is InChI=1S/C19H19FN2O2/c20-16-8-10-17(11-9-16)22(14-21-12-4-7-18(21)23)19(24)13-15-5-2-1-3-6-15/h1-3,5-6,8-11H,4,7,12-14H2. The Balaban J connectivity index is 1.81. The normalized spacial score (nSPS) is 14.0. The third-order valence-corrected chi connectivity index (χ3v) is 4.12. The van der Waals surface area contributed by atoms with Crippen LogP contribution >= 0.6 is 0 Å². The van der Waals surface area contributed by atoms with Gasteiger partial charge >= 0.3 is 0 Å². The zero-order chi connectivity index (χ0) is 16.9. The molecule has 3 rings (SSSR count). The predicted molar refractivity (Wildman–Crippen MR) is 89.8 cm³/mol. The van der Waals surface area contributed by atoms with E-state index < -0.39 is 0 Å². The van der Waals surface area contributed by atoms with Crippen molar-refractivity contribution in [1.82, 2.24) is 4.90 Å². The summed E-state index contributed by atoms with van der Waals surface area (Å²) in [5, 5.41) is 0. The smallest absolute Gasteiger partial charge is 0.232 e. The number of hydrogen-bond acceptors (Lipinski definition) is 2. The summed E-state index contributed by atoms with van der Waals surface area (Å²) in [6.07, 6.45) is 1.56. The summed E-state index contributed by atoms with van der Waals surface area (Å²) in [7, 11) is 0. The summed E-state index contributed by atoms with van der Waals surface area (Å²) in [6.45, 7) is 0.852. The number of carbonyl (C=O) groups is 2. The third-order valence-electron chi connectivity index (χ3n) is 4.12. The molecule has 0 radical (unpaired) electrons.